The second kappa shape index (κ2) is 4.46. The fourth-order valence-electron chi connectivity index (χ4n) is 1.34. The van der Waals surface area contributed by atoms with Crippen molar-refractivity contribution < 1.29 is 4.52 Å². The van der Waals surface area contributed by atoms with Crippen LogP contribution >= 0.6 is 0 Å². The van der Waals surface area contributed by atoms with Gasteiger partial charge in [0.2, 0.25) is 11.7 Å². The first kappa shape index (κ1) is 10.2. The molecule has 0 spiro atoms. The molecule has 0 aliphatic heterocycles. The van der Waals surface area contributed by atoms with E-state index >= 15 is 0 Å². The summed E-state index contributed by atoms with van der Waals surface area (Å²) in [5.41, 5.74) is 10.1. The molecule has 0 amide bonds. The second-order valence-corrected chi connectivity index (χ2v) is 3.22. The average molecular weight is 215 g/mol. The summed E-state index contributed by atoms with van der Waals surface area (Å²) in [7, 11) is 0. The van der Waals surface area contributed by atoms with Gasteiger partial charge in [0.25, 0.3) is 0 Å². The van der Waals surface area contributed by atoms with E-state index in [1.165, 1.54) is 0 Å². The molecule has 0 saturated heterocycles. The van der Waals surface area contributed by atoms with E-state index in [2.05, 4.69) is 20.2 Å². The molecule has 1 aromatic heterocycles. The normalized spacial score (nSPS) is 9.81. The molecule has 16 heavy (non-hydrogen) atoms. The van der Waals surface area contributed by atoms with Gasteiger partial charge in [-0.15, -0.1) is 0 Å². The quantitative estimate of drug-likeness (QED) is 0.448. The van der Waals surface area contributed by atoms with E-state index in [-0.39, 0.29) is 6.54 Å². The van der Waals surface area contributed by atoms with Crippen molar-refractivity contribution in [1.82, 2.24) is 10.1 Å². The van der Waals surface area contributed by atoms with Crippen LogP contribution in [-0.2, 0) is 6.54 Å². The second-order valence-electron chi connectivity index (χ2n) is 3.22. The molecule has 6 nitrogen and oxygen atoms in total. The van der Waals surface area contributed by atoms with Gasteiger partial charge in [0.15, 0.2) is 0 Å². The van der Waals surface area contributed by atoms with Crippen LogP contribution in [0.2, 0.25) is 0 Å². The first-order chi connectivity index (χ1) is 7.81. The van der Waals surface area contributed by atoms with Crippen LogP contribution in [0.25, 0.3) is 21.8 Å². The molecule has 0 unspecified atom stereocenters. The number of rotatable bonds is 3. The smallest absolute Gasteiger partial charge is 0.232 e. The Bertz CT molecular complexity index is 542. The molecule has 2 rings (SSSR count). The molecule has 0 aliphatic rings. The minimum Gasteiger partial charge on any atom is -0.339 e. The standard InChI is InChI=1S/C10H9N5O/c1-7-4-2-3-5-8(7)10-13-9(16-14-10)6-12-15-11/h2-5H,6H2,1H3. The summed E-state index contributed by atoms with van der Waals surface area (Å²) in [6.45, 7) is 2.05. The minimum absolute atomic E-state index is 0.0788. The van der Waals surface area contributed by atoms with E-state index < -0.39 is 0 Å². The lowest BCUT2D eigenvalue weighted by Gasteiger charge is -1.97. The van der Waals surface area contributed by atoms with Crippen molar-refractivity contribution >= 4 is 0 Å². The van der Waals surface area contributed by atoms with Crippen LogP contribution in [0.5, 0.6) is 0 Å². The molecule has 1 aromatic carbocycles. The average Bonchev–Trinajstić information content (AvgIpc) is 2.75. The van der Waals surface area contributed by atoms with Crippen molar-refractivity contribution in [2.75, 3.05) is 0 Å². The summed E-state index contributed by atoms with van der Waals surface area (Å²) in [5, 5.41) is 7.19. The molecular weight excluding hydrogens is 206 g/mol. The number of azide groups is 1. The lowest BCUT2D eigenvalue weighted by atomic mass is 10.1. The third-order valence-electron chi connectivity index (χ3n) is 2.12. The van der Waals surface area contributed by atoms with Gasteiger partial charge >= 0.3 is 0 Å². The maximum Gasteiger partial charge on any atom is 0.232 e. The number of hydrogen-bond acceptors (Lipinski definition) is 4. The van der Waals surface area contributed by atoms with Gasteiger partial charge in [-0.1, -0.05) is 34.5 Å². The maximum atomic E-state index is 8.16. The Hall–Kier alpha value is -2.33. The van der Waals surface area contributed by atoms with Crippen molar-refractivity contribution in [2.45, 2.75) is 13.5 Å². The first-order valence-electron chi connectivity index (χ1n) is 4.70. The Morgan fingerprint density at radius 1 is 1.44 bits per heavy atom. The third-order valence-corrected chi connectivity index (χ3v) is 2.12. The van der Waals surface area contributed by atoms with Gasteiger partial charge in [-0.25, -0.2) is 0 Å². The van der Waals surface area contributed by atoms with Gasteiger partial charge in [0, 0.05) is 10.5 Å². The third kappa shape index (κ3) is 2.02. The zero-order valence-corrected chi connectivity index (χ0v) is 8.66. The van der Waals surface area contributed by atoms with Gasteiger partial charge in [0.1, 0.15) is 6.54 Å². The number of aromatic nitrogens is 2. The molecule has 1 heterocycles. The van der Waals surface area contributed by atoms with Gasteiger partial charge in [-0.2, -0.15) is 4.98 Å². The molecule has 0 aliphatic carbocycles. The van der Waals surface area contributed by atoms with Gasteiger partial charge in [-0.3, -0.25) is 0 Å². The van der Waals surface area contributed by atoms with Crippen molar-refractivity contribution in [3.63, 3.8) is 0 Å². The zero-order valence-electron chi connectivity index (χ0n) is 8.66. The molecule has 80 valence electrons. The highest BCUT2D eigenvalue weighted by molar-refractivity contribution is 5.58. The Morgan fingerprint density at radius 2 is 2.25 bits per heavy atom. The van der Waals surface area contributed by atoms with Crippen LogP contribution in [0, 0.1) is 6.92 Å². The van der Waals surface area contributed by atoms with Crippen molar-refractivity contribution in [1.29, 1.82) is 0 Å². The predicted molar refractivity (Wildman–Crippen MR) is 57.3 cm³/mol. The van der Waals surface area contributed by atoms with E-state index in [9.17, 15) is 0 Å². The number of benzene rings is 1. The Kier molecular flexibility index (Phi) is 2.84. The van der Waals surface area contributed by atoms with Gasteiger partial charge < -0.3 is 4.52 Å². The Morgan fingerprint density at radius 3 is 3.00 bits per heavy atom. The maximum absolute atomic E-state index is 8.16. The molecule has 2 aromatic rings. The van der Waals surface area contributed by atoms with Crippen LogP contribution in [-0.4, -0.2) is 10.1 Å². The predicted octanol–water partition coefficient (Wildman–Crippen LogP) is 2.86. The number of hydrogen-bond donors (Lipinski definition) is 0. The van der Waals surface area contributed by atoms with E-state index in [0.717, 1.165) is 11.1 Å². The fraction of sp³-hybridized carbons (Fsp3) is 0.200. The highest BCUT2D eigenvalue weighted by atomic mass is 16.5. The van der Waals surface area contributed by atoms with Crippen LogP contribution in [0.4, 0.5) is 0 Å². The van der Waals surface area contributed by atoms with E-state index in [1.54, 1.807) is 0 Å². The van der Waals surface area contributed by atoms with Crippen LogP contribution in [0.1, 0.15) is 11.5 Å². The molecular formula is C10H9N5O. The molecule has 0 N–H and O–H groups in total. The molecule has 6 heteroatoms. The molecule has 0 atom stereocenters. The molecule has 0 bridgehead atoms. The highest BCUT2D eigenvalue weighted by Crippen LogP contribution is 2.19. The summed E-state index contributed by atoms with van der Waals surface area (Å²) in [4.78, 5) is 6.76. The number of aryl methyl sites for hydroxylation is 1. The van der Waals surface area contributed by atoms with Crippen molar-refractivity contribution in [3.05, 3.63) is 46.2 Å². The minimum atomic E-state index is 0.0788. The topological polar surface area (TPSA) is 87.7 Å². The van der Waals surface area contributed by atoms with Crippen molar-refractivity contribution in [2.24, 2.45) is 5.11 Å². The fourth-order valence-corrected chi connectivity index (χ4v) is 1.34. The van der Waals surface area contributed by atoms with Crippen LogP contribution < -0.4 is 0 Å². The van der Waals surface area contributed by atoms with E-state index in [0.29, 0.717) is 11.7 Å². The summed E-state index contributed by atoms with van der Waals surface area (Å²) in [6, 6.07) is 7.74. The summed E-state index contributed by atoms with van der Waals surface area (Å²) >= 11 is 0. The molecule has 0 fully saturated rings. The lowest BCUT2D eigenvalue weighted by molar-refractivity contribution is 0.380. The van der Waals surface area contributed by atoms with E-state index in [4.69, 9.17) is 10.1 Å². The van der Waals surface area contributed by atoms with Crippen LogP contribution in [0.3, 0.4) is 0 Å². The first-order valence-corrected chi connectivity index (χ1v) is 4.70. The summed E-state index contributed by atoms with van der Waals surface area (Å²) in [6.07, 6.45) is 0. The van der Waals surface area contributed by atoms with Gasteiger partial charge in [0.05, 0.1) is 0 Å². The summed E-state index contributed by atoms with van der Waals surface area (Å²) < 4.78 is 4.95. The van der Waals surface area contributed by atoms with Gasteiger partial charge in [-0.05, 0) is 18.0 Å². The summed E-state index contributed by atoms with van der Waals surface area (Å²) in [5.74, 6) is 0.831. The Balaban J connectivity index is 2.31. The monoisotopic (exact) mass is 215 g/mol. The zero-order chi connectivity index (χ0) is 11.4. The largest absolute Gasteiger partial charge is 0.339 e. The highest BCUT2D eigenvalue weighted by Gasteiger charge is 2.09. The molecule has 0 radical (unpaired) electrons. The van der Waals surface area contributed by atoms with E-state index in [1.807, 2.05) is 31.2 Å². The SMILES string of the molecule is Cc1ccccc1-c1noc(CN=[N+]=[N-])n1. The number of nitrogens with zero attached hydrogens (tertiary/aromatic N) is 5. The van der Waals surface area contributed by atoms with Crippen LogP contribution in [0.15, 0.2) is 33.9 Å². The molecule has 0 saturated carbocycles. The lowest BCUT2D eigenvalue weighted by Crippen LogP contribution is -1.85. The Labute approximate surface area is 91.5 Å². The van der Waals surface area contributed by atoms with Crippen molar-refractivity contribution in [3.8, 4) is 11.4 Å².